The van der Waals surface area contributed by atoms with Gasteiger partial charge in [-0.2, -0.15) is 0 Å². The molecule has 2 aliphatic rings. The van der Waals surface area contributed by atoms with Crippen molar-refractivity contribution in [3.63, 3.8) is 0 Å². The van der Waals surface area contributed by atoms with Gasteiger partial charge in [-0.05, 0) is 119 Å². The molecule has 2 aromatic carbocycles. The number of ether oxygens (including phenoxy) is 1. The van der Waals surface area contributed by atoms with Gasteiger partial charge in [0.05, 0.1) is 12.1 Å². The number of nitrogens with zero attached hydrogens (tertiary/aromatic N) is 3. The molecule has 0 aliphatic carbocycles. The van der Waals surface area contributed by atoms with Crippen molar-refractivity contribution in [2.24, 2.45) is 0 Å². The number of fused-ring (bicyclic) bond motifs is 1. The van der Waals surface area contributed by atoms with Gasteiger partial charge in [0.25, 0.3) is 0 Å². The van der Waals surface area contributed by atoms with Crippen LogP contribution in [-0.4, -0.2) is 65.9 Å². The number of piperidine rings is 2. The zero-order valence-electron chi connectivity index (χ0n) is 25.1. The molecule has 0 spiro atoms. The van der Waals surface area contributed by atoms with Crippen LogP contribution in [0.2, 0.25) is 5.02 Å². The SMILES string of the molecule is O=C(CN1CCCCC1)Nc1cc(COC(=O)CCCCCN2CCCCC2)cc(Nc2ccnc3cc(Cl)ccc23)c1. The number of hydrogen-bond donors (Lipinski definition) is 2. The van der Waals surface area contributed by atoms with Crippen LogP contribution in [0, 0.1) is 0 Å². The van der Waals surface area contributed by atoms with E-state index in [0.717, 1.165) is 79.6 Å². The lowest BCUT2D eigenvalue weighted by molar-refractivity contribution is -0.145. The topological polar surface area (TPSA) is 86.8 Å². The largest absolute Gasteiger partial charge is 0.461 e. The van der Waals surface area contributed by atoms with Crippen LogP contribution in [0.25, 0.3) is 10.9 Å². The van der Waals surface area contributed by atoms with Gasteiger partial charge < -0.3 is 20.3 Å². The third-order valence-electron chi connectivity index (χ3n) is 8.28. The van der Waals surface area contributed by atoms with E-state index >= 15 is 0 Å². The Labute approximate surface area is 260 Å². The number of halogens is 1. The lowest BCUT2D eigenvalue weighted by Gasteiger charge is -2.26. The summed E-state index contributed by atoms with van der Waals surface area (Å²) in [6, 6.07) is 13.3. The Kier molecular flexibility index (Phi) is 11.6. The van der Waals surface area contributed by atoms with E-state index in [1.165, 1.54) is 38.8 Å². The zero-order valence-corrected chi connectivity index (χ0v) is 25.8. The van der Waals surface area contributed by atoms with Crippen molar-refractivity contribution in [3.05, 3.63) is 59.2 Å². The molecule has 2 N–H and O–H groups in total. The maximum absolute atomic E-state index is 12.9. The molecule has 3 aromatic rings. The molecule has 230 valence electrons. The number of likely N-dealkylation sites (tertiary alicyclic amines) is 2. The number of benzene rings is 2. The predicted molar refractivity (Wildman–Crippen MR) is 174 cm³/mol. The van der Waals surface area contributed by atoms with Crippen LogP contribution >= 0.6 is 11.6 Å². The first kappa shape index (κ1) is 31.2. The number of carbonyl (C=O) groups is 2. The van der Waals surface area contributed by atoms with Crippen LogP contribution in [0.5, 0.6) is 0 Å². The minimum absolute atomic E-state index is 0.0458. The Bertz CT molecular complexity index is 1370. The van der Waals surface area contributed by atoms with Crippen molar-refractivity contribution in [3.8, 4) is 0 Å². The highest BCUT2D eigenvalue weighted by molar-refractivity contribution is 6.31. The van der Waals surface area contributed by atoms with Crippen LogP contribution in [-0.2, 0) is 20.9 Å². The molecule has 2 saturated heterocycles. The fourth-order valence-electron chi connectivity index (χ4n) is 6.03. The van der Waals surface area contributed by atoms with Crippen LogP contribution in [0.15, 0.2) is 48.7 Å². The van der Waals surface area contributed by atoms with Gasteiger partial charge in [0, 0.05) is 40.1 Å². The quantitative estimate of drug-likeness (QED) is 0.158. The maximum atomic E-state index is 12.9. The third kappa shape index (κ3) is 9.91. The van der Waals surface area contributed by atoms with E-state index in [1.54, 1.807) is 6.20 Å². The summed E-state index contributed by atoms with van der Waals surface area (Å²) in [5.41, 5.74) is 3.90. The number of rotatable bonds is 13. The van der Waals surface area contributed by atoms with Crippen molar-refractivity contribution < 1.29 is 14.3 Å². The molecule has 5 rings (SSSR count). The van der Waals surface area contributed by atoms with Crippen molar-refractivity contribution >= 4 is 51.4 Å². The monoisotopic (exact) mass is 605 g/mol. The Morgan fingerprint density at radius 3 is 2.37 bits per heavy atom. The van der Waals surface area contributed by atoms with Gasteiger partial charge >= 0.3 is 5.97 Å². The van der Waals surface area contributed by atoms with Crippen molar-refractivity contribution in [2.45, 2.75) is 70.8 Å². The highest BCUT2D eigenvalue weighted by atomic mass is 35.5. The average molecular weight is 606 g/mol. The molecule has 0 unspecified atom stereocenters. The summed E-state index contributed by atoms with van der Waals surface area (Å²) < 4.78 is 5.67. The second-order valence-electron chi connectivity index (χ2n) is 11.8. The van der Waals surface area contributed by atoms with Crippen LogP contribution in [0.1, 0.15) is 69.8 Å². The number of anilines is 3. The van der Waals surface area contributed by atoms with Gasteiger partial charge in [-0.25, -0.2) is 0 Å². The summed E-state index contributed by atoms with van der Waals surface area (Å²) in [6.07, 6.45) is 12.6. The minimum Gasteiger partial charge on any atom is -0.461 e. The van der Waals surface area contributed by atoms with Crippen molar-refractivity contribution in [2.75, 3.05) is 49.9 Å². The van der Waals surface area contributed by atoms with Gasteiger partial charge in [-0.1, -0.05) is 30.9 Å². The highest BCUT2D eigenvalue weighted by Gasteiger charge is 2.15. The standard InChI is InChI=1S/C34H44ClN5O3/c35-27-11-12-30-31(13-14-36-32(30)22-27)37-28-20-26(21-29(23-28)38-33(41)24-40-18-8-3-9-19-40)25-43-34(42)10-4-1-5-15-39-16-6-2-7-17-39/h11-14,20-23H,1-10,15-19,24-25H2,(H,36,37)(H,38,41). The molecular formula is C34H44ClN5O3. The minimum atomic E-state index is -0.191. The first-order valence-electron chi connectivity index (χ1n) is 15.9. The van der Waals surface area contributed by atoms with Crippen molar-refractivity contribution in [1.82, 2.24) is 14.8 Å². The highest BCUT2D eigenvalue weighted by Crippen LogP contribution is 2.29. The fourth-order valence-corrected chi connectivity index (χ4v) is 6.19. The molecule has 8 nitrogen and oxygen atoms in total. The molecule has 43 heavy (non-hydrogen) atoms. The van der Waals surface area contributed by atoms with E-state index in [9.17, 15) is 9.59 Å². The molecule has 2 aliphatic heterocycles. The summed E-state index contributed by atoms with van der Waals surface area (Å²) in [6.45, 7) is 5.96. The number of unbranched alkanes of at least 4 members (excludes halogenated alkanes) is 2. The number of nitrogens with one attached hydrogen (secondary N) is 2. The summed E-state index contributed by atoms with van der Waals surface area (Å²) >= 11 is 6.18. The number of esters is 1. The second kappa shape index (κ2) is 16.0. The van der Waals surface area contributed by atoms with E-state index in [-0.39, 0.29) is 18.5 Å². The lowest BCUT2D eigenvalue weighted by Crippen LogP contribution is -2.36. The Hall–Kier alpha value is -3.20. The summed E-state index contributed by atoms with van der Waals surface area (Å²) in [5, 5.41) is 8.10. The van der Waals surface area contributed by atoms with Gasteiger partial charge in [0.1, 0.15) is 6.61 Å². The molecule has 1 amide bonds. The molecular weight excluding hydrogens is 562 g/mol. The molecule has 0 radical (unpaired) electrons. The Morgan fingerprint density at radius 1 is 0.837 bits per heavy atom. The van der Waals surface area contributed by atoms with Gasteiger partial charge in [0.15, 0.2) is 0 Å². The average Bonchev–Trinajstić information content (AvgIpc) is 3.01. The number of hydrogen-bond acceptors (Lipinski definition) is 7. The van der Waals surface area contributed by atoms with Gasteiger partial charge in [-0.15, -0.1) is 0 Å². The van der Waals surface area contributed by atoms with Crippen LogP contribution < -0.4 is 10.6 Å². The van der Waals surface area contributed by atoms with E-state index in [4.69, 9.17) is 16.3 Å². The molecule has 0 bridgehead atoms. The molecule has 1 aromatic heterocycles. The summed E-state index contributed by atoms with van der Waals surface area (Å²) in [7, 11) is 0. The number of aromatic nitrogens is 1. The van der Waals surface area contributed by atoms with E-state index in [1.807, 2.05) is 42.5 Å². The predicted octanol–water partition coefficient (Wildman–Crippen LogP) is 7.15. The molecule has 0 saturated carbocycles. The summed E-state index contributed by atoms with van der Waals surface area (Å²) in [4.78, 5) is 34.7. The number of amides is 1. The fraction of sp³-hybridized carbons (Fsp3) is 0.500. The van der Waals surface area contributed by atoms with Gasteiger partial charge in [0.2, 0.25) is 5.91 Å². The molecule has 2 fully saturated rings. The molecule has 9 heteroatoms. The Morgan fingerprint density at radius 2 is 1.58 bits per heavy atom. The Balaban J connectivity index is 1.21. The van der Waals surface area contributed by atoms with E-state index in [0.29, 0.717) is 23.7 Å². The molecule has 0 atom stereocenters. The first-order valence-corrected chi connectivity index (χ1v) is 16.2. The lowest BCUT2D eigenvalue weighted by atomic mass is 10.1. The van der Waals surface area contributed by atoms with Crippen LogP contribution in [0.3, 0.4) is 0 Å². The van der Waals surface area contributed by atoms with Crippen LogP contribution in [0.4, 0.5) is 17.1 Å². The van der Waals surface area contributed by atoms with E-state index in [2.05, 4.69) is 25.4 Å². The third-order valence-corrected chi connectivity index (χ3v) is 8.52. The smallest absolute Gasteiger partial charge is 0.306 e. The summed E-state index contributed by atoms with van der Waals surface area (Å²) in [5.74, 6) is -0.237. The second-order valence-corrected chi connectivity index (χ2v) is 12.3. The van der Waals surface area contributed by atoms with E-state index < -0.39 is 0 Å². The number of carbonyl (C=O) groups excluding carboxylic acids is 2. The maximum Gasteiger partial charge on any atom is 0.306 e. The van der Waals surface area contributed by atoms with Gasteiger partial charge in [-0.3, -0.25) is 19.5 Å². The normalized spacial score (nSPS) is 16.2. The molecule has 3 heterocycles. The first-order chi connectivity index (χ1) is 21.0. The zero-order chi connectivity index (χ0) is 29.9. The number of pyridine rings is 1. The van der Waals surface area contributed by atoms with Crippen molar-refractivity contribution in [1.29, 1.82) is 0 Å².